The van der Waals surface area contributed by atoms with Gasteiger partial charge in [0.25, 0.3) is 0 Å². The monoisotopic (exact) mass is 590 g/mol. The van der Waals surface area contributed by atoms with E-state index >= 15 is 0 Å². The molecule has 0 aliphatic rings. The van der Waals surface area contributed by atoms with Crippen molar-refractivity contribution < 1.29 is 70.6 Å². The quantitative estimate of drug-likeness (QED) is 0.199. The fraction of sp³-hybridized carbons (Fsp3) is 0. The largest absolute Gasteiger partial charge is 2.00 e. The first-order valence-corrected chi connectivity index (χ1v) is 1.64. The predicted octanol–water partition coefficient (Wildman–Crippen LogP) is -0.722. The number of hydrogen-bond acceptors (Lipinski definition) is 9. The van der Waals surface area contributed by atoms with E-state index in [4.69, 9.17) is 46.0 Å². The number of rotatable bonds is 0. The second-order valence-corrected chi connectivity index (χ2v) is 0.671. The molecule has 14 heavy (non-hydrogen) atoms. The standard InChI is InChI=1S/2Hg.3NO3/c;;3*2-1(3)4/q+1;+2;3*-1. The minimum atomic E-state index is -1.75. The third-order valence-corrected chi connectivity index (χ3v) is 0. The van der Waals surface area contributed by atoms with Crippen molar-refractivity contribution in [2.45, 2.75) is 0 Å². The molecule has 0 atom stereocenters. The molecule has 0 aromatic rings. The summed E-state index contributed by atoms with van der Waals surface area (Å²) in [6, 6.07) is 0. The predicted molar refractivity (Wildman–Crippen MR) is 31.1 cm³/mol. The molecule has 0 saturated carbocycles. The Balaban J connectivity index is -0.0000000270. The van der Waals surface area contributed by atoms with Crippen LogP contribution in [0.15, 0.2) is 0 Å². The van der Waals surface area contributed by atoms with Crippen molar-refractivity contribution in [1.82, 2.24) is 0 Å². The topological polar surface area (TPSA) is 199 Å². The molecule has 0 aromatic carbocycles. The molecule has 73 valence electrons. The molecule has 0 amide bonds. The summed E-state index contributed by atoms with van der Waals surface area (Å²) in [4.78, 5) is 24.8. The van der Waals surface area contributed by atoms with E-state index in [1.807, 2.05) is 0 Å². The Bertz CT molecular complexity index is 116. The summed E-state index contributed by atoms with van der Waals surface area (Å²) in [6.07, 6.45) is 0. The van der Waals surface area contributed by atoms with Crippen LogP contribution in [0.25, 0.3) is 0 Å². The summed E-state index contributed by atoms with van der Waals surface area (Å²) < 4.78 is 0. The van der Waals surface area contributed by atoms with E-state index in [2.05, 4.69) is 0 Å². The molecule has 0 rings (SSSR count). The fourth-order valence-electron chi connectivity index (χ4n) is 0. The van der Waals surface area contributed by atoms with Gasteiger partial charge in [-0.05, 0) is 0 Å². The molecule has 0 fully saturated rings. The fourth-order valence-corrected chi connectivity index (χ4v) is 0. The van der Waals surface area contributed by atoms with E-state index in [0.717, 1.165) is 0 Å². The summed E-state index contributed by atoms with van der Waals surface area (Å²) in [5.74, 6) is 0. The molecule has 14 heteroatoms. The van der Waals surface area contributed by atoms with Gasteiger partial charge in [0.05, 0.1) is 15.3 Å². The van der Waals surface area contributed by atoms with Crippen LogP contribution in [0.4, 0.5) is 0 Å². The first kappa shape index (κ1) is 29.2. The summed E-state index contributed by atoms with van der Waals surface area (Å²) in [7, 11) is 0. The van der Waals surface area contributed by atoms with Gasteiger partial charge in [-0.2, -0.15) is 0 Å². The van der Waals surface area contributed by atoms with Gasteiger partial charge in [-0.15, -0.1) is 0 Å². The molecule has 0 aliphatic heterocycles. The van der Waals surface area contributed by atoms with E-state index < -0.39 is 15.3 Å². The van der Waals surface area contributed by atoms with E-state index in [1.54, 1.807) is 0 Å². The maximum atomic E-state index is 8.25. The third kappa shape index (κ3) is 4480. The van der Waals surface area contributed by atoms with E-state index in [1.165, 1.54) is 0 Å². The maximum absolute atomic E-state index is 8.25. The summed E-state index contributed by atoms with van der Waals surface area (Å²) >= 11 is 0. The molecule has 0 saturated heterocycles. The number of nitrogens with zero attached hydrogens (tertiary/aromatic N) is 3. The van der Waals surface area contributed by atoms with E-state index in [0.29, 0.717) is 0 Å². The zero-order valence-corrected chi connectivity index (χ0v) is 17.4. The van der Waals surface area contributed by atoms with Crippen molar-refractivity contribution in [2.75, 3.05) is 0 Å². The van der Waals surface area contributed by atoms with Gasteiger partial charge in [0.15, 0.2) is 0 Å². The third-order valence-electron chi connectivity index (χ3n) is 0. The SMILES string of the molecule is O=[N+]([O-])[O-].O=[N+]([O-])[O-].O=[N+]([O-])[O-].[Hg+2].[Hg+]. The van der Waals surface area contributed by atoms with Crippen molar-refractivity contribution in [3.05, 3.63) is 46.0 Å². The minimum absolute atomic E-state index is 0. The zero-order chi connectivity index (χ0) is 10.7. The van der Waals surface area contributed by atoms with Gasteiger partial charge in [0, 0.05) is 0 Å². The molecule has 0 bridgehead atoms. The second-order valence-electron chi connectivity index (χ2n) is 0.671. The van der Waals surface area contributed by atoms with Crippen LogP contribution in [0, 0.1) is 46.0 Å². The van der Waals surface area contributed by atoms with Crippen molar-refractivity contribution in [3.63, 3.8) is 0 Å². The van der Waals surface area contributed by atoms with Gasteiger partial charge in [0.1, 0.15) is 0 Å². The van der Waals surface area contributed by atoms with Gasteiger partial charge >= 0.3 is 55.3 Å². The Kier molecular flexibility index (Phi) is 47.7. The first-order chi connectivity index (χ1) is 5.20. The van der Waals surface area contributed by atoms with Crippen molar-refractivity contribution in [2.24, 2.45) is 0 Å². The van der Waals surface area contributed by atoms with Crippen LogP contribution in [0.2, 0.25) is 0 Å². The van der Waals surface area contributed by atoms with Crippen molar-refractivity contribution >= 4 is 0 Å². The molecule has 0 spiro atoms. The molecule has 0 unspecified atom stereocenters. The van der Waals surface area contributed by atoms with Crippen molar-refractivity contribution in [1.29, 1.82) is 0 Å². The minimum Gasteiger partial charge on any atom is -0.356 e. The van der Waals surface area contributed by atoms with Gasteiger partial charge in [0.2, 0.25) is 0 Å². The molecule has 0 heterocycles. The molecular weight excluding hydrogens is 587 g/mol. The Labute approximate surface area is 116 Å². The maximum Gasteiger partial charge on any atom is 2.00 e. The molecule has 12 nitrogen and oxygen atoms in total. The molecule has 0 N–H and O–H groups in total. The summed E-state index contributed by atoms with van der Waals surface area (Å²) in [5.41, 5.74) is 0. The molecular formula is Hg2N3O9. The Hall–Kier alpha value is -0.530. The average molecular weight is 587 g/mol. The van der Waals surface area contributed by atoms with Crippen LogP contribution >= 0.6 is 0 Å². The molecule has 0 aromatic heterocycles. The van der Waals surface area contributed by atoms with Crippen LogP contribution in [0.1, 0.15) is 0 Å². The van der Waals surface area contributed by atoms with Crippen LogP contribution in [0.3, 0.4) is 0 Å². The molecule has 1 radical (unpaired) electrons. The summed E-state index contributed by atoms with van der Waals surface area (Å²) in [6.45, 7) is 0. The Morgan fingerprint density at radius 3 is 0.571 bits per heavy atom. The van der Waals surface area contributed by atoms with Gasteiger partial charge in [-0.25, -0.2) is 0 Å². The van der Waals surface area contributed by atoms with Crippen LogP contribution in [-0.2, 0) is 55.3 Å². The average Bonchev–Trinajstić information content (AvgIpc) is 1.54. The van der Waals surface area contributed by atoms with E-state index in [9.17, 15) is 0 Å². The van der Waals surface area contributed by atoms with Gasteiger partial charge in [-0.1, -0.05) is 0 Å². The van der Waals surface area contributed by atoms with Crippen molar-refractivity contribution in [3.8, 4) is 0 Å². The smallest absolute Gasteiger partial charge is 0.356 e. The summed E-state index contributed by atoms with van der Waals surface area (Å²) in [5, 5.41) is 44.2. The normalized spacial score (nSPS) is 5.14. The Morgan fingerprint density at radius 2 is 0.571 bits per heavy atom. The second kappa shape index (κ2) is 22.9. The van der Waals surface area contributed by atoms with Crippen LogP contribution < -0.4 is 0 Å². The molecule has 0 aliphatic carbocycles. The van der Waals surface area contributed by atoms with Gasteiger partial charge < -0.3 is 46.0 Å². The zero-order valence-electron chi connectivity index (χ0n) is 6.43. The Morgan fingerprint density at radius 1 is 0.571 bits per heavy atom. The first-order valence-electron chi connectivity index (χ1n) is 1.64. The van der Waals surface area contributed by atoms with Gasteiger partial charge in [-0.3, -0.25) is 0 Å². The van der Waals surface area contributed by atoms with E-state index in [-0.39, 0.29) is 55.3 Å². The van der Waals surface area contributed by atoms with Crippen LogP contribution in [0.5, 0.6) is 0 Å². The number of hydrogen-bond donors (Lipinski definition) is 0. The van der Waals surface area contributed by atoms with Crippen LogP contribution in [-0.4, -0.2) is 15.3 Å².